The van der Waals surface area contributed by atoms with E-state index in [4.69, 9.17) is 15.6 Å². The summed E-state index contributed by atoms with van der Waals surface area (Å²) in [6.07, 6.45) is -0.741. The minimum absolute atomic E-state index is 0. The number of anilines is 1. The quantitative estimate of drug-likeness (QED) is 0.438. The van der Waals surface area contributed by atoms with Gasteiger partial charge in [0.05, 0.1) is 12.7 Å². The van der Waals surface area contributed by atoms with Crippen LogP contribution in [0.2, 0.25) is 0 Å². The van der Waals surface area contributed by atoms with Gasteiger partial charge in [-0.3, -0.25) is 4.57 Å². The van der Waals surface area contributed by atoms with Gasteiger partial charge < -0.3 is 20.7 Å². The zero-order valence-electron chi connectivity index (χ0n) is 8.85. The van der Waals surface area contributed by atoms with E-state index in [0.29, 0.717) is 0 Å². The second-order valence-corrected chi connectivity index (χ2v) is 3.52. The second-order valence-electron chi connectivity index (χ2n) is 3.52. The molecule has 1 aliphatic heterocycles. The predicted octanol–water partition coefficient (Wildman–Crippen LogP) is -2.52. The molecular formula is C8H12N4O4Pb. The van der Waals surface area contributed by atoms with E-state index in [2.05, 4.69) is 9.97 Å². The van der Waals surface area contributed by atoms with Crippen molar-refractivity contribution < 1.29 is 14.9 Å². The molecule has 1 aromatic heterocycles. The number of ether oxygens (including phenoxy) is 1. The van der Waals surface area contributed by atoms with Crippen LogP contribution in [0, 0.1) is 0 Å². The summed E-state index contributed by atoms with van der Waals surface area (Å²) >= 11 is 0. The van der Waals surface area contributed by atoms with Crippen LogP contribution in [0.3, 0.4) is 0 Å². The normalized spacial score (nSPS) is 27.8. The summed E-state index contributed by atoms with van der Waals surface area (Å²) in [6, 6.07) is 0. The fourth-order valence-electron chi connectivity index (χ4n) is 1.60. The van der Waals surface area contributed by atoms with Crippen LogP contribution in [-0.4, -0.2) is 70.9 Å². The van der Waals surface area contributed by atoms with Crippen LogP contribution in [0.4, 0.5) is 5.95 Å². The summed E-state index contributed by atoms with van der Waals surface area (Å²) in [7, 11) is 0. The van der Waals surface area contributed by atoms with Gasteiger partial charge in [0.15, 0.2) is 0 Å². The maximum absolute atomic E-state index is 11.4. The molecule has 0 amide bonds. The molecule has 4 radical (unpaired) electrons. The van der Waals surface area contributed by atoms with Gasteiger partial charge >= 0.3 is 5.69 Å². The monoisotopic (exact) mass is 436 g/mol. The summed E-state index contributed by atoms with van der Waals surface area (Å²) < 4.78 is 6.41. The molecule has 2 heterocycles. The molecule has 1 aromatic rings. The molecule has 8 nitrogen and oxygen atoms in total. The number of nitrogens with two attached hydrogens (primary N) is 1. The van der Waals surface area contributed by atoms with Crippen molar-refractivity contribution in [3.8, 4) is 0 Å². The first-order valence-corrected chi connectivity index (χ1v) is 4.77. The number of hydrogen-bond donors (Lipinski definition) is 3. The molecule has 92 valence electrons. The van der Waals surface area contributed by atoms with Crippen molar-refractivity contribution in [2.24, 2.45) is 0 Å². The van der Waals surface area contributed by atoms with Gasteiger partial charge in [-0.05, 0) is 0 Å². The van der Waals surface area contributed by atoms with Crippen LogP contribution in [0.1, 0.15) is 12.6 Å². The summed E-state index contributed by atoms with van der Waals surface area (Å²) in [6.45, 7) is -0.303. The average Bonchev–Trinajstić information content (AvgIpc) is 2.59. The van der Waals surface area contributed by atoms with E-state index in [9.17, 15) is 9.90 Å². The van der Waals surface area contributed by atoms with E-state index >= 15 is 0 Å². The molecule has 0 aromatic carbocycles. The zero-order chi connectivity index (χ0) is 11.7. The Morgan fingerprint density at radius 3 is 2.88 bits per heavy atom. The molecule has 4 N–H and O–H groups in total. The van der Waals surface area contributed by atoms with E-state index in [0.717, 1.165) is 4.57 Å². The maximum Gasteiger partial charge on any atom is 0.354 e. The Kier molecular flexibility index (Phi) is 4.97. The van der Waals surface area contributed by atoms with Crippen LogP contribution in [-0.2, 0) is 4.74 Å². The summed E-state index contributed by atoms with van der Waals surface area (Å²) in [5.74, 6) is -0.112. The van der Waals surface area contributed by atoms with E-state index in [1.54, 1.807) is 0 Å². The van der Waals surface area contributed by atoms with Crippen LogP contribution in [0.5, 0.6) is 0 Å². The largest absolute Gasteiger partial charge is 0.394 e. The molecule has 17 heavy (non-hydrogen) atoms. The van der Waals surface area contributed by atoms with Gasteiger partial charge in [-0.25, -0.2) is 9.78 Å². The number of nitrogens with zero attached hydrogens (tertiary/aromatic N) is 3. The van der Waals surface area contributed by atoms with Crippen molar-refractivity contribution in [3.63, 3.8) is 0 Å². The molecule has 9 heteroatoms. The SMILES string of the molecule is Nc1ncn([C@H]2C[C@H](O)[C@@H](CO)O2)c(=O)n1.[Pb]. The molecule has 0 unspecified atom stereocenters. The molecule has 1 fully saturated rings. The zero-order valence-corrected chi connectivity index (χ0v) is 12.7. The third-order valence-corrected chi connectivity index (χ3v) is 2.44. The van der Waals surface area contributed by atoms with Gasteiger partial charge in [0, 0.05) is 33.7 Å². The molecule has 0 spiro atoms. The molecular weight excluding hydrogens is 423 g/mol. The standard InChI is InChI=1S/C8H12N4O4.Pb/c9-7-10-3-12(8(15)11-7)6-1-4(14)5(2-13)16-6;/h3-6,13-14H,1-2H2,(H2,9,11,15);/t4-,5+,6+;/m0./s1. The Labute approximate surface area is 117 Å². The molecule has 1 saturated heterocycles. The first-order valence-electron chi connectivity index (χ1n) is 4.77. The predicted molar refractivity (Wildman–Crippen MR) is 58.1 cm³/mol. The number of rotatable bonds is 2. The molecule has 0 bridgehead atoms. The minimum atomic E-state index is -0.806. The van der Waals surface area contributed by atoms with Gasteiger partial charge in [-0.1, -0.05) is 0 Å². The number of hydrogen-bond acceptors (Lipinski definition) is 7. The van der Waals surface area contributed by atoms with E-state index in [1.165, 1.54) is 6.33 Å². The maximum atomic E-state index is 11.4. The number of aromatic nitrogens is 3. The first-order chi connectivity index (χ1) is 7.61. The number of aliphatic hydroxyl groups is 2. The number of aliphatic hydroxyl groups excluding tert-OH is 2. The minimum Gasteiger partial charge on any atom is -0.394 e. The van der Waals surface area contributed by atoms with Crippen molar-refractivity contribution in [2.75, 3.05) is 12.3 Å². The molecule has 1 aliphatic rings. The van der Waals surface area contributed by atoms with Crippen molar-refractivity contribution in [1.29, 1.82) is 0 Å². The Morgan fingerprint density at radius 1 is 1.65 bits per heavy atom. The molecule has 0 aliphatic carbocycles. The summed E-state index contributed by atoms with van der Waals surface area (Å²) in [4.78, 5) is 18.5. The summed E-state index contributed by atoms with van der Waals surface area (Å²) in [5.41, 5.74) is 4.65. The van der Waals surface area contributed by atoms with E-state index in [-0.39, 0.29) is 46.3 Å². The Hall–Kier alpha value is -0.588. The smallest absolute Gasteiger partial charge is 0.354 e. The van der Waals surface area contributed by atoms with E-state index in [1.807, 2.05) is 0 Å². The van der Waals surface area contributed by atoms with Gasteiger partial charge in [0.25, 0.3) is 0 Å². The first kappa shape index (κ1) is 14.5. The fourth-order valence-corrected chi connectivity index (χ4v) is 1.60. The molecule has 2 rings (SSSR count). The molecule has 3 atom stereocenters. The summed E-state index contributed by atoms with van der Waals surface area (Å²) in [5, 5.41) is 18.4. The van der Waals surface area contributed by atoms with Crippen molar-refractivity contribution in [2.45, 2.75) is 24.9 Å². The van der Waals surface area contributed by atoms with Crippen molar-refractivity contribution >= 4 is 33.2 Å². The Morgan fingerprint density at radius 2 is 2.35 bits per heavy atom. The van der Waals surface area contributed by atoms with Crippen molar-refractivity contribution in [1.82, 2.24) is 14.5 Å². The third kappa shape index (κ3) is 3.00. The van der Waals surface area contributed by atoms with Gasteiger partial charge in [-0.2, -0.15) is 4.98 Å². The average molecular weight is 435 g/mol. The fraction of sp³-hybridized carbons (Fsp3) is 0.625. The Balaban J connectivity index is 0.00000144. The van der Waals surface area contributed by atoms with Gasteiger partial charge in [0.1, 0.15) is 18.7 Å². The topological polar surface area (TPSA) is 123 Å². The Bertz CT molecular complexity index is 440. The molecule has 0 saturated carbocycles. The number of nitrogen functional groups attached to an aromatic ring is 1. The van der Waals surface area contributed by atoms with Gasteiger partial charge in [-0.15, -0.1) is 0 Å². The van der Waals surface area contributed by atoms with Crippen LogP contribution < -0.4 is 11.4 Å². The third-order valence-electron chi connectivity index (χ3n) is 2.44. The van der Waals surface area contributed by atoms with Crippen LogP contribution >= 0.6 is 0 Å². The second kappa shape index (κ2) is 5.84. The van der Waals surface area contributed by atoms with Gasteiger partial charge in [0.2, 0.25) is 5.95 Å². The van der Waals surface area contributed by atoms with Crippen LogP contribution in [0.25, 0.3) is 0 Å². The van der Waals surface area contributed by atoms with E-state index < -0.39 is 24.1 Å². The van der Waals surface area contributed by atoms with Crippen LogP contribution in [0.15, 0.2) is 11.1 Å². The van der Waals surface area contributed by atoms with Crippen molar-refractivity contribution in [3.05, 3.63) is 16.8 Å².